The SMILES string of the molecule is CCC(NC(=O)C1CCCN(S(=O)(=O)c2ccc(Cl)cc2)C1)c1ccc(OC)c(OC)c1. The zero-order valence-corrected chi connectivity index (χ0v) is 20.1. The number of halogens is 1. The van der Waals surface area contributed by atoms with Crippen LogP contribution in [0.4, 0.5) is 0 Å². The Kier molecular flexibility index (Phi) is 8.03. The Morgan fingerprint density at radius 3 is 2.47 bits per heavy atom. The molecule has 3 rings (SSSR count). The Morgan fingerprint density at radius 2 is 1.84 bits per heavy atom. The molecule has 0 spiro atoms. The predicted molar refractivity (Wildman–Crippen MR) is 124 cm³/mol. The van der Waals surface area contributed by atoms with Gasteiger partial charge in [-0.15, -0.1) is 0 Å². The molecule has 2 aromatic rings. The molecule has 0 saturated carbocycles. The van der Waals surface area contributed by atoms with E-state index in [4.69, 9.17) is 21.1 Å². The van der Waals surface area contributed by atoms with Gasteiger partial charge in [0.2, 0.25) is 15.9 Å². The van der Waals surface area contributed by atoms with Crippen molar-refractivity contribution < 1.29 is 22.7 Å². The van der Waals surface area contributed by atoms with E-state index in [9.17, 15) is 13.2 Å². The van der Waals surface area contributed by atoms with Crippen LogP contribution in [0.5, 0.6) is 11.5 Å². The Labute approximate surface area is 194 Å². The largest absolute Gasteiger partial charge is 0.493 e. The molecular weight excluding hydrogens is 452 g/mol. The summed E-state index contributed by atoms with van der Waals surface area (Å²) in [7, 11) is -0.543. The lowest BCUT2D eigenvalue weighted by atomic mass is 9.97. The molecule has 0 bridgehead atoms. The summed E-state index contributed by atoms with van der Waals surface area (Å²) in [6, 6.07) is 11.4. The third kappa shape index (κ3) is 5.36. The number of hydrogen-bond acceptors (Lipinski definition) is 5. The summed E-state index contributed by atoms with van der Waals surface area (Å²) in [6.07, 6.45) is 1.94. The molecule has 2 aromatic carbocycles. The number of rotatable bonds is 8. The van der Waals surface area contributed by atoms with Gasteiger partial charge in [0.15, 0.2) is 11.5 Å². The first-order valence-corrected chi connectivity index (χ1v) is 12.4. The van der Waals surface area contributed by atoms with E-state index in [1.54, 1.807) is 26.4 Å². The van der Waals surface area contributed by atoms with Gasteiger partial charge in [-0.05, 0) is 61.2 Å². The van der Waals surface area contributed by atoms with Crippen LogP contribution in [0.3, 0.4) is 0 Å². The molecule has 0 radical (unpaired) electrons. The van der Waals surface area contributed by atoms with Crippen LogP contribution in [0.25, 0.3) is 0 Å². The lowest BCUT2D eigenvalue weighted by molar-refractivity contribution is -0.126. The Balaban J connectivity index is 1.72. The number of sulfonamides is 1. The van der Waals surface area contributed by atoms with Crippen molar-refractivity contribution in [3.63, 3.8) is 0 Å². The normalized spacial score (nSPS) is 18.1. The maximum absolute atomic E-state index is 13.1. The van der Waals surface area contributed by atoms with Gasteiger partial charge in [-0.1, -0.05) is 24.6 Å². The lowest BCUT2D eigenvalue weighted by Crippen LogP contribution is -2.46. The number of nitrogens with zero attached hydrogens (tertiary/aromatic N) is 1. The van der Waals surface area contributed by atoms with Crippen LogP contribution < -0.4 is 14.8 Å². The monoisotopic (exact) mass is 480 g/mol. The van der Waals surface area contributed by atoms with Gasteiger partial charge in [-0.2, -0.15) is 4.31 Å². The van der Waals surface area contributed by atoms with Gasteiger partial charge >= 0.3 is 0 Å². The summed E-state index contributed by atoms with van der Waals surface area (Å²) >= 11 is 5.88. The zero-order valence-electron chi connectivity index (χ0n) is 18.5. The fraction of sp³-hybridized carbons (Fsp3) is 0.435. The quantitative estimate of drug-likeness (QED) is 0.616. The highest BCUT2D eigenvalue weighted by molar-refractivity contribution is 7.89. The molecule has 1 aliphatic rings. The van der Waals surface area contributed by atoms with E-state index in [0.717, 1.165) is 5.56 Å². The van der Waals surface area contributed by atoms with Gasteiger partial charge in [-0.3, -0.25) is 4.79 Å². The summed E-state index contributed by atoms with van der Waals surface area (Å²) in [4.78, 5) is 13.2. The number of methoxy groups -OCH3 is 2. The molecule has 1 fully saturated rings. The van der Waals surface area contributed by atoms with E-state index in [2.05, 4.69) is 5.32 Å². The van der Waals surface area contributed by atoms with Crippen LogP contribution in [-0.2, 0) is 14.8 Å². The zero-order chi connectivity index (χ0) is 23.3. The number of carbonyl (C=O) groups excluding carboxylic acids is 1. The summed E-state index contributed by atoms with van der Waals surface area (Å²) in [5.74, 6) is 0.644. The van der Waals surface area contributed by atoms with Gasteiger partial charge < -0.3 is 14.8 Å². The number of benzene rings is 2. The molecule has 1 saturated heterocycles. The Bertz CT molecular complexity index is 1040. The lowest BCUT2D eigenvalue weighted by Gasteiger charge is -2.32. The van der Waals surface area contributed by atoms with Gasteiger partial charge in [0.05, 0.1) is 31.1 Å². The van der Waals surface area contributed by atoms with Gasteiger partial charge in [-0.25, -0.2) is 8.42 Å². The fourth-order valence-electron chi connectivity index (χ4n) is 3.91. The van der Waals surface area contributed by atoms with Crippen molar-refractivity contribution in [2.45, 2.75) is 37.1 Å². The standard InChI is InChI=1S/C23H29ClN2O5S/c1-4-20(16-7-12-21(30-2)22(14-16)31-3)25-23(27)17-6-5-13-26(15-17)32(28,29)19-10-8-18(24)9-11-19/h7-12,14,17,20H,4-6,13,15H2,1-3H3,(H,25,27). The Hall–Kier alpha value is -2.29. The van der Waals surface area contributed by atoms with E-state index >= 15 is 0 Å². The highest BCUT2D eigenvalue weighted by atomic mass is 35.5. The number of carbonyl (C=O) groups is 1. The second kappa shape index (κ2) is 10.6. The maximum Gasteiger partial charge on any atom is 0.243 e. The van der Waals surface area contributed by atoms with E-state index in [1.165, 1.54) is 16.4 Å². The van der Waals surface area contributed by atoms with Gasteiger partial charge in [0.25, 0.3) is 0 Å². The molecule has 0 aromatic heterocycles. The van der Waals surface area contributed by atoms with E-state index in [1.807, 2.05) is 25.1 Å². The van der Waals surface area contributed by atoms with Crippen molar-refractivity contribution in [2.24, 2.45) is 5.92 Å². The fourth-order valence-corrected chi connectivity index (χ4v) is 5.56. The number of piperidine rings is 1. The van der Waals surface area contributed by atoms with E-state index in [-0.39, 0.29) is 23.4 Å². The first-order chi connectivity index (χ1) is 15.3. The molecular formula is C23H29ClN2O5S. The highest BCUT2D eigenvalue weighted by Gasteiger charge is 2.34. The van der Waals surface area contributed by atoms with Gasteiger partial charge in [0.1, 0.15) is 0 Å². The van der Waals surface area contributed by atoms with Crippen LogP contribution in [0.15, 0.2) is 47.4 Å². The van der Waals surface area contributed by atoms with Crippen LogP contribution in [0, 0.1) is 5.92 Å². The maximum atomic E-state index is 13.1. The van der Waals surface area contributed by atoms with Crippen molar-refractivity contribution in [3.05, 3.63) is 53.1 Å². The molecule has 1 aliphatic heterocycles. The average Bonchev–Trinajstić information content (AvgIpc) is 2.82. The van der Waals surface area contributed by atoms with Crippen LogP contribution in [0.1, 0.15) is 37.8 Å². The second-order valence-corrected chi connectivity index (χ2v) is 10.1. The minimum atomic E-state index is -3.68. The molecule has 174 valence electrons. The number of nitrogens with one attached hydrogen (secondary N) is 1. The second-order valence-electron chi connectivity index (χ2n) is 7.74. The average molecular weight is 481 g/mol. The molecule has 1 heterocycles. The van der Waals surface area contributed by atoms with Crippen molar-refractivity contribution in [2.75, 3.05) is 27.3 Å². The van der Waals surface area contributed by atoms with Crippen molar-refractivity contribution in [1.29, 1.82) is 0 Å². The summed E-state index contributed by atoms with van der Waals surface area (Å²) in [6.45, 7) is 2.53. The van der Waals surface area contributed by atoms with Crippen LogP contribution >= 0.6 is 11.6 Å². The molecule has 7 nitrogen and oxygen atoms in total. The molecule has 9 heteroatoms. The van der Waals surface area contributed by atoms with Crippen molar-refractivity contribution >= 4 is 27.5 Å². The minimum Gasteiger partial charge on any atom is -0.493 e. The number of amides is 1. The highest BCUT2D eigenvalue weighted by Crippen LogP contribution is 2.31. The smallest absolute Gasteiger partial charge is 0.243 e. The third-order valence-corrected chi connectivity index (χ3v) is 7.87. The Morgan fingerprint density at radius 1 is 1.16 bits per heavy atom. The minimum absolute atomic E-state index is 0.150. The summed E-state index contributed by atoms with van der Waals surface area (Å²) in [5.41, 5.74) is 0.903. The van der Waals surface area contributed by atoms with E-state index < -0.39 is 15.9 Å². The molecule has 1 amide bonds. The first kappa shape index (κ1) is 24.4. The van der Waals surface area contributed by atoms with E-state index in [0.29, 0.717) is 42.3 Å². The molecule has 2 unspecified atom stereocenters. The summed E-state index contributed by atoms with van der Waals surface area (Å²) < 4.78 is 38.1. The van der Waals surface area contributed by atoms with Crippen LogP contribution in [-0.4, -0.2) is 45.9 Å². The number of hydrogen-bond donors (Lipinski definition) is 1. The van der Waals surface area contributed by atoms with Crippen molar-refractivity contribution in [1.82, 2.24) is 9.62 Å². The number of ether oxygens (including phenoxy) is 2. The molecule has 32 heavy (non-hydrogen) atoms. The topological polar surface area (TPSA) is 84.9 Å². The molecule has 2 atom stereocenters. The molecule has 0 aliphatic carbocycles. The third-order valence-electron chi connectivity index (χ3n) is 5.74. The summed E-state index contributed by atoms with van der Waals surface area (Å²) in [5, 5.41) is 3.56. The first-order valence-electron chi connectivity index (χ1n) is 10.6. The predicted octanol–water partition coefficient (Wildman–Crippen LogP) is 4.03. The molecule has 1 N–H and O–H groups in total. The van der Waals surface area contributed by atoms with Crippen LogP contribution in [0.2, 0.25) is 5.02 Å². The van der Waals surface area contributed by atoms with Gasteiger partial charge in [0, 0.05) is 18.1 Å². The van der Waals surface area contributed by atoms with Crippen molar-refractivity contribution in [3.8, 4) is 11.5 Å².